The first-order valence-electron chi connectivity index (χ1n) is 6.69. The molecule has 0 saturated heterocycles. The highest BCUT2D eigenvalue weighted by atomic mass is 16.5. The second-order valence-electron chi connectivity index (χ2n) is 5.80. The van der Waals surface area contributed by atoms with E-state index in [9.17, 15) is 9.59 Å². The number of carbonyl (C=O) groups is 2. The van der Waals surface area contributed by atoms with Crippen LogP contribution in [0.1, 0.15) is 13.8 Å². The Balaban J connectivity index is 4.25. The van der Waals surface area contributed by atoms with Crippen LogP contribution < -0.4 is 0 Å². The van der Waals surface area contributed by atoms with Gasteiger partial charge in [0.2, 0.25) is 0 Å². The predicted octanol–water partition coefficient (Wildman–Crippen LogP) is -1.39. The van der Waals surface area contributed by atoms with Gasteiger partial charge in [-0.2, -0.15) is 0 Å². The summed E-state index contributed by atoms with van der Waals surface area (Å²) in [7, 11) is 0. The maximum Gasteiger partial charge on any atom is 0.331 e. The topological polar surface area (TPSA) is 134 Å². The lowest BCUT2D eigenvalue weighted by atomic mass is 9.94. The summed E-state index contributed by atoms with van der Waals surface area (Å²) in [6.45, 7) is 1.22. The SMILES string of the molecule is CC(CO)(CO)COC(=O)C=CC(=O)OCC(C)(CO)CO. The molecule has 0 bridgehead atoms. The predicted molar refractivity (Wildman–Crippen MR) is 75.6 cm³/mol. The van der Waals surface area contributed by atoms with Gasteiger partial charge in [-0.25, -0.2) is 9.59 Å². The molecule has 22 heavy (non-hydrogen) atoms. The van der Waals surface area contributed by atoms with Crippen LogP contribution >= 0.6 is 0 Å². The van der Waals surface area contributed by atoms with E-state index in [1.165, 1.54) is 13.8 Å². The lowest BCUT2D eigenvalue weighted by Crippen LogP contribution is -2.32. The summed E-state index contributed by atoms with van der Waals surface area (Å²) in [5.41, 5.74) is -1.90. The van der Waals surface area contributed by atoms with Crippen molar-refractivity contribution >= 4 is 11.9 Å². The summed E-state index contributed by atoms with van der Waals surface area (Å²) in [5.74, 6) is -1.64. The number of aliphatic hydroxyl groups is 4. The molecule has 0 spiro atoms. The molecule has 0 aromatic carbocycles. The summed E-state index contributed by atoms with van der Waals surface area (Å²) in [6, 6.07) is 0. The number of ether oxygens (including phenoxy) is 2. The number of carbonyl (C=O) groups excluding carboxylic acids is 2. The van der Waals surface area contributed by atoms with Gasteiger partial charge in [0.15, 0.2) is 0 Å². The van der Waals surface area contributed by atoms with Crippen molar-refractivity contribution in [2.24, 2.45) is 10.8 Å². The summed E-state index contributed by atoms with van der Waals surface area (Å²) >= 11 is 0. The van der Waals surface area contributed by atoms with Crippen molar-refractivity contribution in [3.05, 3.63) is 12.2 Å². The number of hydrogen-bond acceptors (Lipinski definition) is 8. The van der Waals surface area contributed by atoms with E-state index in [2.05, 4.69) is 0 Å². The molecule has 0 unspecified atom stereocenters. The largest absolute Gasteiger partial charge is 0.462 e. The first kappa shape index (κ1) is 20.5. The molecule has 0 aromatic heterocycles. The molecule has 0 aliphatic rings. The highest BCUT2D eigenvalue weighted by Gasteiger charge is 2.25. The number of rotatable bonds is 10. The molecule has 0 aromatic rings. The van der Waals surface area contributed by atoms with E-state index in [4.69, 9.17) is 29.9 Å². The highest BCUT2D eigenvalue weighted by Crippen LogP contribution is 2.15. The Morgan fingerprint density at radius 1 is 0.773 bits per heavy atom. The van der Waals surface area contributed by atoms with Crippen molar-refractivity contribution in [1.29, 1.82) is 0 Å². The Morgan fingerprint density at radius 2 is 1.05 bits per heavy atom. The third-order valence-corrected chi connectivity index (χ3v) is 3.01. The Morgan fingerprint density at radius 3 is 1.27 bits per heavy atom. The van der Waals surface area contributed by atoms with Crippen LogP contribution in [0.5, 0.6) is 0 Å². The van der Waals surface area contributed by atoms with Gasteiger partial charge in [-0.3, -0.25) is 0 Å². The van der Waals surface area contributed by atoms with E-state index < -0.39 is 22.8 Å². The van der Waals surface area contributed by atoms with Gasteiger partial charge in [0, 0.05) is 23.0 Å². The van der Waals surface area contributed by atoms with Gasteiger partial charge in [0.25, 0.3) is 0 Å². The van der Waals surface area contributed by atoms with Crippen molar-refractivity contribution in [1.82, 2.24) is 0 Å². The second kappa shape index (κ2) is 9.52. The lowest BCUT2D eigenvalue weighted by Gasteiger charge is -2.23. The maximum atomic E-state index is 11.4. The van der Waals surface area contributed by atoms with Crippen LogP contribution in [0.25, 0.3) is 0 Å². The lowest BCUT2D eigenvalue weighted by molar-refractivity contribution is -0.145. The third kappa shape index (κ3) is 7.51. The van der Waals surface area contributed by atoms with Gasteiger partial charge < -0.3 is 29.9 Å². The van der Waals surface area contributed by atoms with Crippen molar-refractivity contribution in [2.45, 2.75) is 13.8 Å². The van der Waals surface area contributed by atoms with E-state index in [0.29, 0.717) is 0 Å². The van der Waals surface area contributed by atoms with Crippen LogP contribution in [0.15, 0.2) is 12.2 Å². The number of hydrogen-bond donors (Lipinski definition) is 4. The van der Waals surface area contributed by atoms with Crippen LogP contribution in [-0.4, -0.2) is 72.0 Å². The summed E-state index contributed by atoms with van der Waals surface area (Å²) in [5, 5.41) is 36.1. The second-order valence-corrected chi connectivity index (χ2v) is 5.80. The molecule has 8 heteroatoms. The summed E-state index contributed by atoms with van der Waals surface area (Å²) in [4.78, 5) is 22.8. The molecule has 4 N–H and O–H groups in total. The Labute approximate surface area is 129 Å². The zero-order valence-electron chi connectivity index (χ0n) is 12.8. The number of esters is 2. The molecule has 0 aliphatic heterocycles. The van der Waals surface area contributed by atoms with Crippen LogP contribution in [0.4, 0.5) is 0 Å². The normalized spacial score (nSPS) is 12.5. The third-order valence-electron chi connectivity index (χ3n) is 3.01. The molecule has 0 heterocycles. The monoisotopic (exact) mass is 320 g/mol. The van der Waals surface area contributed by atoms with Gasteiger partial charge in [-0.15, -0.1) is 0 Å². The molecule has 0 rings (SSSR count). The molecular formula is C14H24O8. The van der Waals surface area contributed by atoms with Crippen LogP contribution in [0, 0.1) is 10.8 Å². The van der Waals surface area contributed by atoms with Crippen molar-refractivity contribution < 1.29 is 39.5 Å². The van der Waals surface area contributed by atoms with Crippen LogP contribution in [-0.2, 0) is 19.1 Å². The van der Waals surface area contributed by atoms with Crippen molar-refractivity contribution in [3.8, 4) is 0 Å². The minimum absolute atomic E-state index is 0.203. The van der Waals surface area contributed by atoms with Gasteiger partial charge in [0.05, 0.1) is 26.4 Å². The Kier molecular flexibility index (Phi) is 8.88. The van der Waals surface area contributed by atoms with Crippen LogP contribution in [0.3, 0.4) is 0 Å². The first-order valence-corrected chi connectivity index (χ1v) is 6.69. The van der Waals surface area contributed by atoms with Gasteiger partial charge in [-0.05, 0) is 0 Å². The molecule has 0 radical (unpaired) electrons. The fraction of sp³-hybridized carbons (Fsp3) is 0.714. The smallest absolute Gasteiger partial charge is 0.331 e. The molecule has 0 aliphatic carbocycles. The van der Waals surface area contributed by atoms with E-state index in [1.54, 1.807) is 0 Å². The van der Waals surface area contributed by atoms with E-state index >= 15 is 0 Å². The van der Waals surface area contributed by atoms with E-state index in [0.717, 1.165) is 12.2 Å². The van der Waals surface area contributed by atoms with E-state index in [1.807, 2.05) is 0 Å². The zero-order chi connectivity index (χ0) is 17.2. The standard InChI is InChI=1S/C14H24O8/c1-13(5-15,6-16)9-21-11(19)3-4-12(20)22-10-14(2,7-17)8-18/h3-4,15-18H,5-10H2,1-2H3. The fourth-order valence-corrected chi connectivity index (χ4v) is 1.01. The molecule has 0 amide bonds. The average Bonchev–Trinajstić information content (AvgIpc) is 2.55. The Hall–Kier alpha value is -1.48. The maximum absolute atomic E-state index is 11.4. The van der Waals surface area contributed by atoms with Gasteiger partial charge >= 0.3 is 11.9 Å². The Bertz CT molecular complexity index is 346. The minimum Gasteiger partial charge on any atom is -0.462 e. The molecule has 0 atom stereocenters. The first-order chi connectivity index (χ1) is 10.2. The number of aliphatic hydroxyl groups excluding tert-OH is 4. The average molecular weight is 320 g/mol. The van der Waals surface area contributed by atoms with Gasteiger partial charge in [0.1, 0.15) is 13.2 Å². The minimum atomic E-state index is -0.950. The summed E-state index contributed by atoms with van der Waals surface area (Å²) in [6.07, 6.45) is 1.71. The molecule has 128 valence electrons. The molecule has 8 nitrogen and oxygen atoms in total. The molecular weight excluding hydrogens is 296 g/mol. The van der Waals surface area contributed by atoms with Crippen molar-refractivity contribution in [2.75, 3.05) is 39.6 Å². The zero-order valence-corrected chi connectivity index (χ0v) is 12.8. The van der Waals surface area contributed by atoms with Crippen LogP contribution in [0.2, 0.25) is 0 Å². The fourth-order valence-electron chi connectivity index (χ4n) is 1.01. The summed E-state index contributed by atoms with van der Waals surface area (Å²) < 4.78 is 9.59. The quantitative estimate of drug-likeness (QED) is 0.286. The van der Waals surface area contributed by atoms with E-state index in [-0.39, 0.29) is 39.6 Å². The van der Waals surface area contributed by atoms with Crippen molar-refractivity contribution in [3.63, 3.8) is 0 Å². The van der Waals surface area contributed by atoms with Gasteiger partial charge in [-0.1, -0.05) is 13.8 Å². The molecule has 0 fully saturated rings. The molecule has 0 saturated carbocycles. The highest BCUT2D eigenvalue weighted by molar-refractivity contribution is 5.91.